The topological polar surface area (TPSA) is 60.2 Å². The molecule has 0 fully saturated rings. The van der Waals surface area contributed by atoms with Crippen LogP contribution in [0.2, 0.25) is 0 Å². The largest absolute Gasteiger partial charge is 0.485 e. The monoisotopic (exact) mass is 261 g/mol. The van der Waals surface area contributed by atoms with Gasteiger partial charge in [-0.3, -0.25) is 9.67 Å². The molecule has 0 aliphatic rings. The molecule has 19 heavy (non-hydrogen) atoms. The molecule has 1 N–H and O–H groups in total. The van der Waals surface area contributed by atoms with Gasteiger partial charge >= 0.3 is 0 Å². The zero-order chi connectivity index (χ0) is 13.8. The average molecular weight is 261 g/mol. The number of aryl methyl sites for hydroxylation is 3. The highest BCUT2D eigenvalue weighted by molar-refractivity contribution is 5.29. The van der Waals surface area contributed by atoms with Crippen molar-refractivity contribution in [2.24, 2.45) is 7.05 Å². The summed E-state index contributed by atoms with van der Waals surface area (Å²) < 4.78 is 7.54. The van der Waals surface area contributed by atoms with E-state index in [-0.39, 0.29) is 6.61 Å². The maximum Gasteiger partial charge on any atom is 0.143 e. The van der Waals surface area contributed by atoms with Crippen LogP contribution in [0.1, 0.15) is 29.7 Å². The molecule has 0 saturated carbocycles. The Bertz CT molecular complexity index is 564. The van der Waals surface area contributed by atoms with E-state index in [4.69, 9.17) is 4.74 Å². The number of rotatable bonds is 5. The Balaban J connectivity index is 2.11. The smallest absolute Gasteiger partial charge is 0.143 e. The molecule has 0 aliphatic carbocycles. The molecule has 0 saturated heterocycles. The molecule has 0 amide bonds. The van der Waals surface area contributed by atoms with Gasteiger partial charge in [-0.2, -0.15) is 5.10 Å². The summed E-state index contributed by atoms with van der Waals surface area (Å²) in [5, 5.41) is 13.6. The van der Waals surface area contributed by atoms with Crippen LogP contribution < -0.4 is 4.74 Å². The highest BCUT2D eigenvalue weighted by atomic mass is 16.5. The summed E-state index contributed by atoms with van der Waals surface area (Å²) in [5.41, 5.74) is 3.48. The molecular weight excluding hydrogens is 242 g/mol. The van der Waals surface area contributed by atoms with Crippen molar-refractivity contribution < 1.29 is 9.84 Å². The average Bonchev–Trinajstić information content (AvgIpc) is 2.78. The van der Waals surface area contributed by atoms with Gasteiger partial charge in [0.05, 0.1) is 18.0 Å². The molecule has 0 spiro atoms. The Morgan fingerprint density at radius 1 is 1.37 bits per heavy atom. The highest BCUT2D eigenvalue weighted by Gasteiger charge is 2.08. The minimum Gasteiger partial charge on any atom is -0.485 e. The van der Waals surface area contributed by atoms with Crippen LogP contribution in [0.3, 0.4) is 0 Å². The van der Waals surface area contributed by atoms with Crippen LogP contribution in [-0.4, -0.2) is 19.9 Å². The number of hydrogen-bond donors (Lipinski definition) is 1. The third-order valence-electron chi connectivity index (χ3n) is 2.99. The van der Waals surface area contributed by atoms with Crippen LogP contribution in [0.4, 0.5) is 0 Å². The zero-order valence-electron chi connectivity index (χ0n) is 11.6. The van der Waals surface area contributed by atoms with Crippen molar-refractivity contribution in [3.63, 3.8) is 0 Å². The number of nitrogens with zero attached hydrogens (tertiary/aromatic N) is 3. The molecule has 0 aromatic carbocycles. The van der Waals surface area contributed by atoms with Gasteiger partial charge < -0.3 is 9.84 Å². The molecule has 5 heteroatoms. The summed E-state index contributed by atoms with van der Waals surface area (Å²) in [6.07, 6.45) is 0.905. The molecule has 2 heterocycles. The van der Waals surface area contributed by atoms with Crippen molar-refractivity contribution >= 4 is 0 Å². The number of aliphatic hydroxyl groups excluding tert-OH is 1. The highest BCUT2D eigenvalue weighted by Crippen LogP contribution is 2.18. The van der Waals surface area contributed by atoms with Gasteiger partial charge in [0.1, 0.15) is 18.1 Å². The minimum atomic E-state index is -0.122. The van der Waals surface area contributed by atoms with E-state index in [9.17, 15) is 5.11 Å². The van der Waals surface area contributed by atoms with Crippen molar-refractivity contribution in [2.45, 2.75) is 33.5 Å². The zero-order valence-corrected chi connectivity index (χ0v) is 11.6. The van der Waals surface area contributed by atoms with Gasteiger partial charge in [-0.05, 0) is 31.5 Å². The second-order valence-corrected chi connectivity index (χ2v) is 4.45. The maximum atomic E-state index is 9.28. The van der Waals surface area contributed by atoms with E-state index >= 15 is 0 Å². The lowest BCUT2D eigenvalue weighted by atomic mass is 10.3. The van der Waals surface area contributed by atoms with Crippen molar-refractivity contribution in [1.29, 1.82) is 0 Å². The van der Waals surface area contributed by atoms with E-state index in [1.54, 1.807) is 0 Å². The van der Waals surface area contributed by atoms with Crippen LogP contribution >= 0.6 is 0 Å². The van der Waals surface area contributed by atoms with Crippen LogP contribution in [-0.2, 0) is 26.7 Å². The quantitative estimate of drug-likeness (QED) is 0.891. The summed E-state index contributed by atoms with van der Waals surface area (Å²) in [4.78, 5) is 4.25. The first-order valence-corrected chi connectivity index (χ1v) is 6.36. The van der Waals surface area contributed by atoms with Gasteiger partial charge in [0.2, 0.25) is 0 Å². The lowest BCUT2D eigenvalue weighted by molar-refractivity contribution is 0.250. The fourth-order valence-electron chi connectivity index (χ4n) is 1.87. The molecular formula is C14H19N3O2. The molecule has 0 bridgehead atoms. The van der Waals surface area contributed by atoms with Gasteiger partial charge in [0.15, 0.2) is 0 Å². The normalized spacial score (nSPS) is 10.7. The van der Waals surface area contributed by atoms with Gasteiger partial charge in [0, 0.05) is 12.7 Å². The summed E-state index contributed by atoms with van der Waals surface area (Å²) >= 11 is 0. The summed E-state index contributed by atoms with van der Waals surface area (Å²) in [5.74, 6) is 0.618. The van der Waals surface area contributed by atoms with Gasteiger partial charge in [0.25, 0.3) is 0 Å². The number of ether oxygens (including phenoxy) is 1. The summed E-state index contributed by atoms with van der Waals surface area (Å²) in [6, 6.07) is 5.74. The Morgan fingerprint density at radius 2 is 2.16 bits per heavy atom. The van der Waals surface area contributed by atoms with Crippen molar-refractivity contribution in [3.8, 4) is 5.75 Å². The molecule has 5 nitrogen and oxygen atoms in total. The number of aliphatic hydroxyl groups is 1. The molecule has 0 aliphatic heterocycles. The van der Waals surface area contributed by atoms with E-state index in [1.807, 2.05) is 36.9 Å². The van der Waals surface area contributed by atoms with Crippen LogP contribution in [0.5, 0.6) is 5.75 Å². The fraction of sp³-hybridized carbons (Fsp3) is 0.429. The Labute approximate surface area is 112 Å². The Hall–Kier alpha value is -1.88. The first-order valence-electron chi connectivity index (χ1n) is 6.36. The SMILES string of the molecule is CCc1cc(COc2ccc(C)nc2CO)n(C)n1. The third-order valence-corrected chi connectivity index (χ3v) is 2.99. The van der Waals surface area contributed by atoms with Gasteiger partial charge in [-0.15, -0.1) is 0 Å². The van der Waals surface area contributed by atoms with Crippen molar-refractivity contribution in [2.75, 3.05) is 0 Å². The lowest BCUT2D eigenvalue weighted by Gasteiger charge is -2.10. The van der Waals surface area contributed by atoms with E-state index in [0.717, 1.165) is 23.5 Å². The fourth-order valence-corrected chi connectivity index (χ4v) is 1.87. The van der Waals surface area contributed by atoms with Gasteiger partial charge in [-0.25, -0.2) is 0 Å². The number of hydrogen-bond acceptors (Lipinski definition) is 4. The molecule has 2 aromatic heterocycles. The molecule has 2 aromatic rings. The van der Waals surface area contributed by atoms with Crippen LogP contribution in [0.15, 0.2) is 18.2 Å². The Kier molecular flexibility index (Phi) is 4.16. The summed E-state index contributed by atoms with van der Waals surface area (Å²) in [6.45, 7) is 4.25. The van der Waals surface area contributed by atoms with Crippen LogP contribution in [0.25, 0.3) is 0 Å². The minimum absolute atomic E-state index is 0.122. The second kappa shape index (κ2) is 5.84. The van der Waals surface area contributed by atoms with E-state index < -0.39 is 0 Å². The van der Waals surface area contributed by atoms with Crippen molar-refractivity contribution in [1.82, 2.24) is 14.8 Å². The lowest BCUT2D eigenvalue weighted by Crippen LogP contribution is -2.05. The molecule has 0 radical (unpaired) electrons. The standard InChI is InChI=1S/C14H19N3O2/c1-4-11-7-12(17(3)16-11)9-19-14-6-5-10(2)15-13(14)8-18/h5-7,18H,4,8-9H2,1-3H3. The van der Waals surface area contributed by atoms with E-state index in [2.05, 4.69) is 17.0 Å². The maximum absolute atomic E-state index is 9.28. The molecule has 0 unspecified atom stereocenters. The first-order chi connectivity index (χ1) is 9.13. The second-order valence-electron chi connectivity index (χ2n) is 4.45. The molecule has 2 rings (SSSR count). The Morgan fingerprint density at radius 3 is 2.79 bits per heavy atom. The third kappa shape index (κ3) is 3.12. The summed E-state index contributed by atoms with van der Waals surface area (Å²) in [7, 11) is 1.90. The van der Waals surface area contributed by atoms with E-state index in [0.29, 0.717) is 18.1 Å². The van der Waals surface area contributed by atoms with E-state index in [1.165, 1.54) is 0 Å². The van der Waals surface area contributed by atoms with Gasteiger partial charge in [-0.1, -0.05) is 6.92 Å². The molecule has 102 valence electrons. The molecule has 0 atom stereocenters. The first kappa shape index (κ1) is 13.5. The van der Waals surface area contributed by atoms with Crippen LogP contribution in [0, 0.1) is 6.92 Å². The van der Waals surface area contributed by atoms with Crippen molar-refractivity contribution in [3.05, 3.63) is 41.0 Å². The number of aromatic nitrogens is 3. The number of pyridine rings is 1. The predicted octanol–water partition coefficient (Wildman–Crippen LogP) is 1.76. The predicted molar refractivity (Wildman–Crippen MR) is 71.8 cm³/mol.